The van der Waals surface area contributed by atoms with E-state index < -0.39 is 0 Å². The summed E-state index contributed by atoms with van der Waals surface area (Å²) in [4.78, 5) is 9.03. The number of hydrogen-bond donors (Lipinski definition) is 0. The number of rotatable bonds is 6. The van der Waals surface area contributed by atoms with E-state index in [2.05, 4.69) is 34.2 Å². The second kappa shape index (κ2) is 7.29. The molecule has 2 nitrogen and oxygen atoms in total. The molecule has 0 saturated heterocycles. The third-order valence-electron chi connectivity index (χ3n) is 2.90. The number of thioether (sulfide) groups is 1. The summed E-state index contributed by atoms with van der Waals surface area (Å²) in [6.07, 6.45) is 2.10. The maximum atomic E-state index is 4.51. The SMILES string of the molecule is Cc1cccc(CCSCCc2cccc(C)n2)n1. The maximum Gasteiger partial charge on any atom is 0.0415 e. The molecule has 3 heteroatoms. The number of aryl methyl sites for hydroxylation is 4. The predicted octanol–water partition coefficient (Wildman–Crippen LogP) is 3.61. The minimum absolute atomic E-state index is 1.05. The fourth-order valence-corrected chi connectivity index (χ4v) is 2.84. The topological polar surface area (TPSA) is 25.8 Å². The van der Waals surface area contributed by atoms with Crippen LogP contribution in [0.2, 0.25) is 0 Å². The zero-order valence-electron chi connectivity index (χ0n) is 11.6. The summed E-state index contributed by atoms with van der Waals surface area (Å²) in [5, 5.41) is 0. The highest BCUT2D eigenvalue weighted by Gasteiger charge is 1.98. The van der Waals surface area contributed by atoms with Gasteiger partial charge in [0.1, 0.15) is 0 Å². The Bertz CT molecular complexity index is 478. The first-order valence-electron chi connectivity index (χ1n) is 6.67. The van der Waals surface area contributed by atoms with Crippen molar-refractivity contribution in [1.29, 1.82) is 0 Å². The van der Waals surface area contributed by atoms with Crippen molar-refractivity contribution < 1.29 is 0 Å². The summed E-state index contributed by atoms with van der Waals surface area (Å²) in [5.41, 5.74) is 4.60. The zero-order chi connectivity index (χ0) is 13.5. The van der Waals surface area contributed by atoms with Crippen molar-refractivity contribution in [1.82, 2.24) is 9.97 Å². The fraction of sp³-hybridized carbons (Fsp3) is 0.375. The Morgan fingerprint density at radius 3 is 1.68 bits per heavy atom. The van der Waals surface area contributed by atoms with E-state index >= 15 is 0 Å². The van der Waals surface area contributed by atoms with Crippen LogP contribution in [0.25, 0.3) is 0 Å². The van der Waals surface area contributed by atoms with Gasteiger partial charge in [-0.1, -0.05) is 12.1 Å². The molecule has 0 N–H and O–H groups in total. The van der Waals surface area contributed by atoms with E-state index in [0.29, 0.717) is 0 Å². The van der Waals surface area contributed by atoms with Crippen LogP contribution in [0.15, 0.2) is 36.4 Å². The van der Waals surface area contributed by atoms with E-state index in [9.17, 15) is 0 Å². The van der Waals surface area contributed by atoms with Gasteiger partial charge in [0.2, 0.25) is 0 Å². The monoisotopic (exact) mass is 272 g/mol. The molecule has 0 aliphatic heterocycles. The van der Waals surface area contributed by atoms with Crippen LogP contribution in [0.1, 0.15) is 22.8 Å². The van der Waals surface area contributed by atoms with Crippen molar-refractivity contribution in [2.24, 2.45) is 0 Å². The molecule has 0 amide bonds. The van der Waals surface area contributed by atoms with Crippen molar-refractivity contribution in [2.75, 3.05) is 11.5 Å². The third-order valence-corrected chi connectivity index (χ3v) is 3.88. The summed E-state index contributed by atoms with van der Waals surface area (Å²) in [7, 11) is 0. The summed E-state index contributed by atoms with van der Waals surface area (Å²) in [6, 6.07) is 12.5. The first-order valence-corrected chi connectivity index (χ1v) is 7.82. The lowest BCUT2D eigenvalue weighted by atomic mass is 10.2. The number of aromatic nitrogens is 2. The van der Waals surface area contributed by atoms with E-state index in [1.807, 2.05) is 37.7 Å². The minimum atomic E-state index is 1.05. The quantitative estimate of drug-likeness (QED) is 0.751. The van der Waals surface area contributed by atoms with Crippen molar-refractivity contribution in [3.05, 3.63) is 59.2 Å². The molecule has 0 aliphatic carbocycles. The van der Waals surface area contributed by atoms with Crippen molar-refractivity contribution in [3.63, 3.8) is 0 Å². The van der Waals surface area contributed by atoms with Gasteiger partial charge in [-0.3, -0.25) is 9.97 Å². The smallest absolute Gasteiger partial charge is 0.0415 e. The molecule has 0 radical (unpaired) electrons. The van der Waals surface area contributed by atoms with Gasteiger partial charge in [0.25, 0.3) is 0 Å². The molecule has 0 saturated carbocycles. The molecule has 0 bridgehead atoms. The Morgan fingerprint density at radius 2 is 1.26 bits per heavy atom. The molecule has 0 aromatic carbocycles. The molecule has 2 rings (SSSR count). The molecular weight excluding hydrogens is 252 g/mol. The first-order chi connectivity index (χ1) is 9.24. The minimum Gasteiger partial charge on any atom is -0.258 e. The lowest BCUT2D eigenvalue weighted by Crippen LogP contribution is -1.97. The van der Waals surface area contributed by atoms with E-state index in [4.69, 9.17) is 0 Å². The van der Waals surface area contributed by atoms with Crippen molar-refractivity contribution in [2.45, 2.75) is 26.7 Å². The van der Waals surface area contributed by atoms with Gasteiger partial charge in [-0.15, -0.1) is 0 Å². The normalized spacial score (nSPS) is 10.6. The standard InChI is InChI=1S/C16H20N2S/c1-13-5-3-7-15(17-13)9-11-19-12-10-16-8-4-6-14(2)18-16/h3-8H,9-12H2,1-2H3. The summed E-state index contributed by atoms with van der Waals surface area (Å²) >= 11 is 1.97. The Hall–Kier alpha value is -1.35. The van der Waals surface area contributed by atoms with Crippen LogP contribution in [-0.2, 0) is 12.8 Å². The molecule has 0 unspecified atom stereocenters. The van der Waals surface area contributed by atoms with Gasteiger partial charge in [-0.05, 0) is 62.5 Å². The molecule has 2 heterocycles. The van der Waals surface area contributed by atoms with Crippen LogP contribution in [0.5, 0.6) is 0 Å². The molecule has 2 aromatic heterocycles. The van der Waals surface area contributed by atoms with Gasteiger partial charge in [0.15, 0.2) is 0 Å². The number of hydrogen-bond acceptors (Lipinski definition) is 3. The van der Waals surface area contributed by atoms with Gasteiger partial charge in [0, 0.05) is 22.8 Å². The van der Waals surface area contributed by atoms with Crippen LogP contribution in [0.3, 0.4) is 0 Å². The molecular formula is C16H20N2S. The highest BCUT2D eigenvalue weighted by atomic mass is 32.2. The van der Waals surface area contributed by atoms with E-state index in [1.54, 1.807) is 0 Å². The number of pyridine rings is 2. The molecule has 0 fully saturated rings. The lowest BCUT2D eigenvalue weighted by molar-refractivity contribution is 1.000. The largest absolute Gasteiger partial charge is 0.258 e. The summed E-state index contributed by atoms with van der Waals surface area (Å²) in [6.45, 7) is 4.08. The predicted molar refractivity (Wildman–Crippen MR) is 82.7 cm³/mol. The molecule has 100 valence electrons. The summed E-state index contributed by atoms with van der Waals surface area (Å²) in [5.74, 6) is 2.25. The van der Waals surface area contributed by atoms with E-state index in [0.717, 1.165) is 35.7 Å². The van der Waals surface area contributed by atoms with Crippen LogP contribution in [-0.4, -0.2) is 21.5 Å². The molecule has 0 atom stereocenters. The average molecular weight is 272 g/mol. The Labute approximate surface area is 119 Å². The zero-order valence-corrected chi connectivity index (χ0v) is 12.4. The molecule has 0 spiro atoms. The van der Waals surface area contributed by atoms with E-state index in [-0.39, 0.29) is 0 Å². The Morgan fingerprint density at radius 1 is 0.789 bits per heavy atom. The Kier molecular flexibility index (Phi) is 5.40. The second-order valence-electron chi connectivity index (χ2n) is 4.65. The van der Waals surface area contributed by atoms with E-state index in [1.165, 1.54) is 11.4 Å². The fourth-order valence-electron chi connectivity index (χ4n) is 1.93. The van der Waals surface area contributed by atoms with Gasteiger partial charge in [-0.2, -0.15) is 11.8 Å². The second-order valence-corrected chi connectivity index (χ2v) is 5.88. The number of nitrogens with zero attached hydrogens (tertiary/aromatic N) is 2. The van der Waals surface area contributed by atoms with Crippen molar-refractivity contribution in [3.8, 4) is 0 Å². The highest BCUT2D eigenvalue weighted by Crippen LogP contribution is 2.09. The molecule has 19 heavy (non-hydrogen) atoms. The Balaban J connectivity index is 1.67. The molecule has 2 aromatic rings. The summed E-state index contributed by atoms with van der Waals surface area (Å²) < 4.78 is 0. The van der Waals surface area contributed by atoms with Crippen LogP contribution in [0.4, 0.5) is 0 Å². The van der Waals surface area contributed by atoms with Crippen molar-refractivity contribution >= 4 is 11.8 Å². The molecule has 0 aliphatic rings. The first kappa shape index (κ1) is 14.1. The maximum absolute atomic E-state index is 4.51. The highest BCUT2D eigenvalue weighted by molar-refractivity contribution is 7.99. The van der Waals surface area contributed by atoms with Gasteiger partial charge < -0.3 is 0 Å². The lowest BCUT2D eigenvalue weighted by Gasteiger charge is -2.03. The van der Waals surface area contributed by atoms with Crippen LogP contribution in [0, 0.1) is 13.8 Å². The van der Waals surface area contributed by atoms with Gasteiger partial charge in [-0.25, -0.2) is 0 Å². The van der Waals surface area contributed by atoms with Gasteiger partial charge >= 0.3 is 0 Å². The van der Waals surface area contributed by atoms with Gasteiger partial charge in [0.05, 0.1) is 0 Å². The van der Waals surface area contributed by atoms with Crippen LogP contribution < -0.4 is 0 Å². The average Bonchev–Trinajstić information content (AvgIpc) is 2.38. The third kappa shape index (κ3) is 5.03. The van der Waals surface area contributed by atoms with Crippen LogP contribution >= 0.6 is 11.8 Å².